The molecule has 2 aromatic carbocycles. The lowest BCUT2D eigenvalue weighted by molar-refractivity contribution is -0.115. The SMILES string of the molecule is O=C1CC(CN2C(=O)c3ccccc3C2=O)=Nc2ccccc2N1. The molecule has 6 nitrogen and oxygen atoms in total. The molecule has 2 aliphatic heterocycles. The van der Waals surface area contributed by atoms with Crippen LogP contribution in [0, 0.1) is 0 Å². The Labute approximate surface area is 137 Å². The number of carbonyl (C=O) groups is 3. The number of carbonyl (C=O) groups excluding carboxylic acids is 3. The molecular weight excluding hydrogens is 306 g/mol. The van der Waals surface area contributed by atoms with Crippen molar-refractivity contribution in [1.29, 1.82) is 0 Å². The predicted octanol–water partition coefficient (Wildman–Crippen LogP) is 2.40. The minimum Gasteiger partial charge on any atom is -0.324 e. The van der Waals surface area contributed by atoms with Crippen molar-refractivity contribution < 1.29 is 14.4 Å². The Balaban J connectivity index is 1.67. The van der Waals surface area contributed by atoms with Gasteiger partial charge in [-0.05, 0) is 24.3 Å². The summed E-state index contributed by atoms with van der Waals surface area (Å²) in [7, 11) is 0. The number of para-hydroxylation sites is 2. The zero-order valence-corrected chi connectivity index (χ0v) is 12.7. The maximum atomic E-state index is 12.4. The highest BCUT2D eigenvalue weighted by Gasteiger charge is 2.36. The van der Waals surface area contributed by atoms with Crippen molar-refractivity contribution in [3.05, 3.63) is 59.7 Å². The van der Waals surface area contributed by atoms with Crippen molar-refractivity contribution in [3.8, 4) is 0 Å². The van der Waals surface area contributed by atoms with Crippen molar-refractivity contribution in [2.24, 2.45) is 4.99 Å². The van der Waals surface area contributed by atoms with Crippen LogP contribution >= 0.6 is 0 Å². The molecule has 0 spiro atoms. The number of fused-ring (bicyclic) bond motifs is 2. The van der Waals surface area contributed by atoms with Gasteiger partial charge < -0.3 is 5.32 Å². The third kappa shape index (κ3) is 2.28. The molecule has 24 heavy (non-hydrogen) atoms. The van der Waals surface area contributed by atoms with Gasteiger partial charge in [0.1, 0.15) is 0 Å². The Bertz CT molecular complexity index is 882. The number of imide groups is 1. The molecule has 3 amide bonds. The van der Waals surface area contributed by atoms with Crippen LogP contribution in [0.1, 0.15) is 27.1 Å². The molecule has 0 atom stereocenters. The second-order valence-corrected chi connectivity index (χ2v) is 5.66. The number of nitrogens with one attached hydrogen (secondary N) is 1. The van der Waals surface area contributed by atoms with Crippen molar-refractivity contribution in [2.45, 2.75) is 6.42 Å². The molecule has 0 aromatic heterocycles. The van der Waals surface area contributed by atoms with Crippen LogP contribution in [0.25, 0.3) is 0 Å². The van der Waals surface area contributed by atoms with Crippen LogP contribution in [-0.2, 0) is 4.79 Å². The molecule has 0 saturated carbocycles. The van der Waals surface area contributed by atoms with Crippen molar-refractivity contribution in [1.82, 2.24) is 4.90 Å². The highest BCUT2D eigenvalue weighted by molar-refractivity contribution is 6.23. The van der Waals surface area contributed by atoms with E-state index in [1.54, 1.807) is 36.4 Å². The third-order valence-electron chi connectivity index (χ3n) is 4.04. The highest BCUT2D eigenvalue weighted by Crippen LogP contribution is 2.28. The lowest BCUT2D eigenvalue weighted by atomic mass is 10.1. The van der Waals surface area contributed by atoms with Gasteiger partial charge in [0.2, 0.25) is 5.91 Å². The first-order chi connectivity index (χ1) is 11.6. The Morgan fingerprint density at radius 3 is 2.25 bits per heavy atom. The quantitative estimate of drug-likeness (QED) is 0.863. The molecule has 0 radical (unpaired) electrons. The van der Waals surface area contributed by atoms with E-state index in [9.17, 15) is 14.4 Å². The van der Waals surface area contributed by atoms with Crippen LogP contribution in [0.15, 0.2) is 53.5 Å². The first-order valence-corrected chi connectivity index (χ1v) is 7.54. The monoisotopic (exact) mass is 319 g/mol. The van der Waals surface area contributed by atoms with Crippen LogP contribution in [-0.4, -0.2) is 34.9 Å². The van der Waals surface area contributed by atoms with Gasteiger partial charge in [-0.15, -0.1) is 0 Å². The molecule has 2 aromatic rings. The summed E-state index contributed by atoms with van der Waals surface area (Å²) < 4.78 is 0. The van der Waals surface area contributed by atoms with Gasteiger partial charge in [0.15, 0.2) is 0 Å². The van der Waals surface area contributed by atoms with Crippen molar-refractivity contribution in [2.75, 3.05) is 11.9 Å². The van der Waals surface area contributed by atoms with Crippen LogP contribution in [0.2, 0.25) is 0 Å². The number of rotatable bonds is 2. The van der Waals surface area contributed by atoms with Gasteiger partial charge in [0.05, 0.1) is 35.5 Å². The number of hydrogen-bond acceptors (Lipinski definition) is 4. The second kappa shape index (κ2) is 5.42. The third-order valence-corrected chi connectivity index (χ3v) is 4.04. The standard InChI is InChI=1S/C18H13N3O3/c22-16-9-11(19-14-7-3-4-8-15(14)20-16)10-21-17(23)12-5-1-2-6-13(12)18(21)24/h1-8H,9-10H2,(H,20,22). The smallest absolute Gasteiger partial charge is 0.261 e. The molecular formula is C18H13N3O3. The van der Waals surface area contributed by atoms with E-state index in [-0.39, 0.29) is 30.7 Å². The highest BCUT2D eigenvalue weighted by atomic mass is 16.2. The first-order valence-electron chi connectivity index (χ1n) is 7.54. The minimum atomic E-state index is -0.351. The number of nitrogens with zero attached hydrogens (tertiary/aromatic N) is 2. The Morgan fingerprint density at radius 2 is 1.54 bits per heavy atom. The van der Waals surface area contributed by atoms with E-state index in [1.165, 1.54) is 0 Å². The average Bonchev–Trinajstić information content (AvgIpc) is 2.73. The molecule has 0 aliphatic carbocycles. The van der Waals surface area contributed by atoms with E-state index in [2.05, 4.69) is 10.3 Å². The number of anilines is 1. The van der Waals surface area contributed by atoms with Gasteiger partial charge in [-0.2, -0.15) is 0 Å². The summed E-state index contributed by atoms with van der Waals surface area (Å²) in [6, 6.07) is 13.9. The largest absolute Gasteiger partial charge is 0.324 e. The van der Waals surface area contributed by atoms with Crippen molar-refractivity contribution in [3.63, 3.8) is 0 Å². The van der Waals surface area contributed by atoms with E-state index in [0.717, 1.165) is 4.90 Å². The lowest BCUT2D eigenvalue weighted by Crippen LogP contribution is -2.35. The summed E-state index contributed by atoms with van der Waals surface area (Å²) in [4.78, 5) is 42.5. The fourth-order valence-corrected chi connectivity index (χ4v) is 2.92. The Morgan fingerprint density at radius 1 is 0.917 bits per heavy atom. The van der Waals surface area contributed by atoms with E-state index < -0.39 is 0 Å². The zero-order chi connectivity index (χ0) is 16.7. The Kier molecular flexibility index (Phi) is 3.23. The second-order valence-electron chi connectivity index (χ2n) is 5.66. The molecule has 0 unspecified atom stereocenters. The molecule has 118 valence electrons. The van der Waals surface area contributed by atoms with E-state index in [4.69, 9.17) is 0 Å². The summed E-state index contributed by atoms with van der Waals surface area (Å²) in [6.45, 7) is 0.00804. The minimum absolute atomic E-state index is 0.00804. The summed E-state index contributed by atoms with van der Waals surface area (Å²) in [6.07, 6.45) is 0.0437. The number of aliphatic imine (C=N–C) groups is 1. The lowest BCUT2D eigenvalue weighted by Gasteiger charge is -2.14. The van der Waals surface area contributed by atoms with Gasteiger partial charge in [-0.1, -0.05) is 24.3 Å². The van der Waals surface area contributed by atoms with Crippen LogP contribution < -0.4 is 5.32 Å². The van der Waals surface area contributed by atoms with Crippen LogP contribution in [0.3, 0.4) is 0 Å². The molecule has 1 N–H and O–H groups in total. The van der Waals surface area contributed by atoms with Crippen molar-refractivity contribution >= 4 is 34.8 Å². The number of amides is 3. The van der Waals surface area contributed by atoms with Crippen LogP contribution in [0.5, 0.6) is 0 Å². The summed E-state index contributed by atoms with van der Waals surface area (Å²) in [5.74, 6) is -0.914. The molecule has 0 bridgehead atoms. The van der Waals surface area contributed by atoms with Gasteiger partial charge in [-0.3, -0.25) is 24.3 Å². The average molecular weight is 319 g/mol. The van der Waals surface area contributed by atoms with Gasteiger partial charge in [0, 0.05) is 5.71 Å². The summed E-state index contributed by atoms with van der Waals surface area (Å²) in [5.41, 5.74) is 2.50. The van der Waals surface area contributed by atoms with Crippen LogP contribution in [0.4, 0.5) is 11.4 Å². The first kappa shape index (κ1) is 14.3. The maximum Gasteiger partial charge on any atom is 0.261 e. The summed E-state index contributed by atoms with van der Waals surface area (Å²) >= 11 is 0. The van der Waals surface area contributed by atoms with E-state index in [0.29, 0.717) is 28.2 Å². The fraction of sp³-hybridized carbons (Fsp3) is 0.111. The molecule has 0 saturated heterocycles. The van der Waals surface area contributed by atoms with Gasteiger partial charge in [-0.25, -0.2) is 0 Å². The number of hydrogen-bond donors (Lipinski definition) is 1. The maximum absolute atomic E-state index is 12.4. The topological polar surface area (TPSA) is 78.8 Å². The van der Waals surface area contributed by atoms with E-state index >= 15 is 0 Å². The molecule has 6 heteroatoms. The van der Waals surface area contributed by atoms with Gasteiger partial charge in [0.25, 0.3) is 11.8 Å². The molecule has 2 aliphatic rings. The predicted molar refractivity (Wildman–Crippen MR) is 88.6 cm³/mol. The number of benzene rings is 2. The molecule has 4 rings (SSSR count). The molecule has 0 fully saturated rings. The van der Waals surface area contributed by atoms with Gasteiger partial charge >= 0.3 is 0 Å². The van der Waals surface area contributed by atoms with E-state index in [1.807, 2.05) is 12.1 Å². The summed E-state index contributed by atoms with van der Waals surface area (Å²) in [5, 5.41) is 2.77. The zero-order valence-electron chi connectivity index (χ0n) is 12.7. The fourth-order valence-electron chi connectivity index (χ4n) is 2.92. The Hall–Kier alpha value is -3.28. The molecule has 2 heterocycles. The normalized spacial score (nSPS) is 16.2.